The van der Waals surface area contributed by atoms with E-state index in [1.165, 1.54) is 72.8 Å². The molecule has 0 aliphatic carbocycles. The molecule has 2 heterocycles. The Morgan fingerprint density at radius 2 is 0.740 bits per heavy atom. The third kappa shape index (κ3) is 13.1. The maximum Gasteiger partial charge on any atom is 0.338 e. The maximum atomic E-state index is 14.3. The highest BCUT2D eigenvalue weighted by Crippen LogP contribution is 2.38. The molecule has 19 heteroatoms. The number of hydrogen-bond donors (Lipinski definition) is 0. The molecule has 0 aromatic heterocycles. The average Bonchev–Trinajstić information content (AvgIpc) is 3.44. The van der Waals surface area contributed by atoms with Crippen molar-refractivity contribution < 1.29 is 71.4 Å². The summed E-state index contributed by atoms with van der Waals surface area (Å²) in [7, 11) is 0. The third-order valence-corrected chi connectivity index (χ3v) is 12.7. The van der Waals surface area contributed by atoms with E-state index in [9.17, 15) is 34.3 Å². The van der Waals surface area contributed by atoms with Crippen molar-refractivity contribution in [3.8, 4) is 0 Å². The topological polar surface area (TPSA) is 234 Å². The number of azide groups is 1. The lowest BCUT2D eigenvalue weighted by atomic mass is 9.96. The lowest BCUT2D eigenvalue weighted by Gasteiger charge is -2.48. The fraction of sp³-hybridized carbons (Fsp3) is 0.222. The molecular formula is C54H44IN3O15. The number of hydrogen-bond acceptors (Lipinski definition) is 16. The summed E-state index contributed by atoms with van der Waals surface area (Å²) in [5.74, 6) is -5.28. The van der Waals surface area contributed by atoms with Crippen LogP contribution in [0.5, 0.6) is 0 Å². The van der Waals surface area contributed by atoms with Gasteiger partial charge >= 0.3 is 35.8 Å². The SMILES string of the molecule is [N-]=[N+]=N[C@H]1O[C@H](COC(=O)c2ccccc2)[C@@H](OC2O[C@H](COC(=O)c3ccccc3)[C@H](OC(=O)c3ccccc3)[C@H](OC(=O)c3ccccc3)[C@H]2OC(=O)c2ccccc2)[C@H](OC(=O)c2ccccc2)[C@@H]1I. The summed E-state index contributed by atoms with van der Waals surface area (Å²) in [6.45, 7) is -1.29. The summed E-state index contributed by atoms with van der Waals surface area (Å²) in [6.07, 6.45) is -14.8. The predicted octanol–water partition coefficient (Wildman–Crippen LogP) is 8.55. The van der Waals surface area contributed by atoms with E-state index < -0.39 is 108 Å². The standard InChI is InChI=1S/C54H44IN3O15/c55-41-44(70-51(62)36-25-13-4-14-26-36)42(39(67-47(41)57-58-56)31-65-48(59)33-19-7-1-8-20-33)73-54-46(72-53(64)38-29-17-6-18-30-38)45(71-52(63)37-27-15-5-16-28-37)43(69-50(61)35-23-11-3-12-24-35)40(68-54)32-66-49(60)34-21-9-2-10-22-34/h1-30,39-47,54H,31-32H2/t39-,40-,41+,42-,43+,44-,45+,46-,47+,54?/m1/s1. The molecule has 8 rings (SSSR count). The second kappa shape index (κ2) is 24.9. The first kappa shape index (κ1) is 51.4. The first-order valence-corrected chi connectivity index (χ1v) is 24.0. The molecule has 0 amide bonds. The second-order valence-corrected chi connectivity index (χ2v) is 17.7. The normalized spacial score (nSPS) is 23.2. The van der Waals surface area contributed by atoms with Gasteiger partial charge in [0.05, 0.1) is 37.3 Å². The Hall–Kier alpha value is -7.94. The van der Waals surface area contributed by atoms with Crippen LogP contribution < -0.4 is 0 Å². The molecule has 2 aliphatic rings. The quantitative estimate of drug-likeness (QED) is 0.0158. The van der Waals surface area contributed by atoms with E-state index >= 15 is 0 Å². The molecule has 0 spiro atoms. The third-order valence-electron chi connectivity index (χ3n) is 11.4. The van der Waals surface area contributed by atoms with E-state index in [2.05, 4.69) is 10.0 Å². The van der Waals surface area contributed by atoms with Gasteiger partial charge in [-0.25, -0.2) is 28.8 Å². The van der Waals surface area contributed by atoms with Crippen molar-refractivity contribution in [2.24, 2.45) is 5.11 Å². The van der Waals surface area contributed by atoms with Gasteiger partial charge in [-0.1, -0.05) is 137 Å². The molecule has 10 atom stereocenters. The van der Waals surface area contributed by atoms with E-state index in [0.717, 1.165) is 0 Å². The minimum absolute atomic E-state index is 0.0389. The number of nitrogens with zero attached hydrogens (tertiary/aromatic N) is 3. The van der Waals surface area contributed by atoms with Crippen molar-refractivity contribution in [3.63, 3.8) is 0 Å². The van der Waals surface area contributed by atoms with Gasteiger partial charge in [0.25, 0.3) is 0 Å². The van der Waals surface area contributed by atoms with Crippen LogP contribution in [0.3, 0.4) is 0 Å². The molecule has 0 saturated carbocycles. The van der Waals surface area contributed by atoms with Gasteiger partial charge in [-0.3, -0.25) is 0 Å². The Kier molecular flexibility index (Phi) is 17.6. The molecule has 1 unspecified atom stereocenters. The van der Waals surface area contributed by atoms with Crippen LogP contribution in [0.2, 0.25) is 0 Å². The average molecular weight is 1100 g/mol. The van der Waals surface area contributed by atoms with Crippen molar-refractivity contribution in [2.45, 2.75) is 59.2 Å². The second-order valence-electron chi connectivity index (χ2n) is 16.2. The number of esters is 6. The van der Waals surface area contributed by atoms with E-state index in [-0.39, 0.29) is 33.4 Å². The molecule has 0 radical (unpaired) electrons. The Balaban J connectivity index is 1.25. The Labute approximate surface area is 431 Å². The molecule has 0 bridgehead atoms. The monoisotopic (exact) mass is 1100 g/mol. The van der Waals surface area contributed by atoms with Crippen molar-refractivity contribution in [2.75, 3.05) is 13.2 Å². The van der Waals surface area contributed by atoms with Gasteiger partial charge in [-0.15, -0.1) is 0 Å². The molecule has 18 nitrogen and oxygen atoms in total. The van der Waals surface area contributed by atoms with E-state index in [4.69, 9.17) is 42.6 Å². The Bertz CT molecular complexity index is 2880. The van der Waals surface area contributed by atoms with Gasteiger partial charge in [0.2, 0.25) is 0 Å². The highest BCUT2D eigenvalue weighted by Gasteiger charge is 2.57. The zero-order chi connectivity index (χ0) is 51.1. The van der Waals surface area contributed by atoms with Crippen molar-refractivity contribution in [3.05, 3.63) is 226 Å². The fourth-order valence-corrected chi connectivity index (χ4v) is 8.70. The van der Waals surface area contributed by atoms with Crippen LogP contribution in [-0.4, -0.2) is 108 Å². The largest absolute Gasteiger partial charge is 0.459 e. The molecule has 2 saturated heterocycles. The van der Waals surface area contributed by atoms with Gasteiger partial charge in [-0.2, -0.15) is 0 Å². The minimum Gasteiger partial charge on any atom is -0.459 e. The summed E-state index contributed by atoms with van der Waals surface area (Å²) in [5.41, 5.74) is 10.3. The molecule has 0 N–H and O–H groups in total. The van der Waals surface area contributed by atoms with E-state index in [1.807, 2.05) is 22.6 Å². The van der Waals surface area contributed by atoms with Gasteiger partial charge in [0.15, 0.2) is 30.8 Å². The Morgan fingerprint density at radius 1 is 0.425 bits per heavy atom. The summed E-state index contributed by atoms with van der Waals surface area (Å²) in [5, 5.41) is 3.82. The summed E-state index contributed by atoms with van der Waals surface area (Å²) < 4.78 is 55.2. The van der Waals surface area contributed by atoms with Crippen LogP contribution in [-0.2, 0) is 42.6 Å². The van der Waals surface area contributed by atoms with Gasteiger partial charge < -0.3 is 42.6 Å². The summed E-state index contributed by atoms with van der Waals surface area (Å²) in [4.78, 5) is 86.7. The number of halogens is 1. The summed E-state index contributed by atoms with van der Waals surface area (Å²) in [6, 6.07) is 47.4. The zero-order valence-electron chi connectivity index (χ0n) is 38.4. The first-order valence-electron chi connectivity index (χ1n) is 22.7. The van der Waals surface area contributed by atoms with Crippen LogP contribution in [0.4, 0.5) is 0 Å². The van der Waals surface area contributed by atoms with E-state index in [1.54, 1.807) is 109 Å². The number of ether oxygens (including phenoxy) is 9. The van der Waals surface area contributed by atoms with Crippen molar-refractivity contribution in [1.82, 2.24) is 0 Å². The smallest absolute Gasteiger partial charge is 0.338 e. The molecule has 372 valence electrons. The molecule has 2 fully saturated rings. The highest BCUT2D eigenvalue weighted by molar-refractivity contribution is 14.1. The van der Waals surface area contributed by atoms with Crippen molar-refractivity contribution in [1.29, 1.82) is 0 Å². The molecule has 6 aromatic carbocycles. The van der Waals surface area contributed by atoms with Gasteiger partial charge in [0, 0.05) is 4.91 Å². The molecule has 2 aliphatic heterocycles. The van der Waals surface area contributed by atoms with E-state index in [0.29, 0.717) is 0 Å². The Morgan fingerprint density at radius 3 is 1.11 bits per heavy atom. The fourth-order valence-electron chi connectivity index (χ4n) is 7.83. The molecule has 73 heavy (non-hydrogen) atoms. The predicted molar refractivity (Wildman–Crippen MR) is 265 cm³/mol. The van der Waals surface area contributed by atoms with Crippen LogP contribution >= 0.6 is 22.6 Å². The number of benzene rings is 6. The van der Waals surface area contributed by atoms with Gasteiger partial charge in [0.1, 0.15) is 37.6 Å². The van der Waals surface area contributed by atoms with Gasteiger partial charge in [-0.05, 0) is 78.3 Å². The first-order chi connectivity index (χ1) is 35.6. The molecular weight excluding hydrogens is 1060 g/mol. The van der Waals surface area contributed by atoms with Crippen LogP contribution in [0, 0.1) is 0 Å². The number of alkyl halides is 1. The number of carbonyl (C=O) groups is 6. The summed E-state index contributed by atoms with van der Waals surface area (Å²) >= 11 is 1.87. The van der Waals surface area contributed by atoms with Crippen molar-refractivity contribution >= 4 is 58.4 Å². The maximum absolute atomic E-state index is 14.3. The van der Waals surface area contributed by atoms with Crippen LogP contribution in [0.1, 0.15) is 62.1 Å². The van der Waals surface area contributed by atoms with Crippen LogP contribution in [0.15, 0.2) is 187 Å². The zero-order valence-corrected chi connectivity index (χ0v) is 40.5. The lowest BCUT2D eigenvalue weighted by molar-refractivity contribution is -0.330. The minimum atomic E-state index is -1.92. The van der Waals surface area contributed by atoms with Crippen LogP contribution in [0.25, 0.3) is 10.4 Å². The number of carbonyl (C=O) groups excluding carboxylic acids is 6. The number of rotatable bonds is 17. The lowest BCUT2D eigenvalue weighted by Crippen LogP contribution is -2.66. The molecule has 6 aromatic rings. The highest BCUT2D eigenvalue weighted by atomic mass is 127.